The highest BCUT2D eigenvalue weighted by Gasteiger charge is 2.31. The molecule has 0 spiro atoms. The quantitative estimate of drug-likeness (QED) is 0.253. The van der Waals surface area contributed by atoms with Crippen molar-refractivity contribution in [2.24, 2.45) is 0 Å². The van der Waals surface area contributed by atoms with Crippen molar-refractivity contribution < 1.29 is 9.53 Å². The molecule has 2 saturated heterocycles. The van der Waals surface area contributed by atoms with Crippen LogP contribution in [0.2, 0.25) is 0 Å². The number of anilines is 1. The molecule has 1 amide bonds. The minimum Gasteiger partial charge on any atom is -0.476 e. The zero-order chi connectivity index (χ0) is 29.9. The molecule has 4 heterocycles. The molecule has 0 bridgehead atoms. The number of likely N-dealkylation sites (N-methyl/N-ethyl adjacent to an activating group) is 1. The molecule has 1 unspecified atom stereocenters. The molecule has 2 aliphatic rings. The molecule has 2 aliphatic heterocycles. The highest BCUT2D eigenvalue weighted by atomic mass is 16.5. The first kappa shape index (κ1) is 28.6. The predicted octanol–water partition coefficient (Wildman–Crippen LogP) is 5.60. The number of nitrogens with zero attached hydrogens (tertiary/aromatic N) is 6. The Labute approximate surface area is 253 Å². The number of fused-ring (bicyclic) bond motifs is 2. The Hall–Kier alpha value is -4.48. The summed E-state index contributed by atoms with van der Waals surface area (Å²) in [5.74, 6) is 0.420. The fraction of sp³-hybridized carbons (Fsp3) is 0.371. The first-order valence-electron chi connectivity index (χ1n) is 15.2. The van der Waals surface area contributed by atoms with E-state index in [-0.39, 0.29) is 18.4 Å². The molecule has 8 nitrogen and oxygen atoms in total. The van der Waals surface area contributed by atoms with Gasteiger partial charge < -0.3 is 19.4 Å². The van der Waals surface area contributed by atoms with Gasteiger partial charge in [0.25, 0.3) is 0 Å². The largest absolute Gasteiger partial charge is 0.476 e. The summed E-state index contributed by atoms with van der Waals surface area (Å²) in [6, 6.07) is 19.3. The lowest BCUT2D eigenvalue weighted by Crippen LogP contribution is -2.55. The molecule has 2 atom stereocenters. The van der Waals surface area contributed by atoms with Crippen LogP contribution in [0.5, 0.6) is 5.88 Å². The number of likely N-dealkylation sites (tertiary alicyclic amines) is 1. The lowest BCUT2D eigenvalue weighted by atomic mass is 9.94. The molecule has 8 heteroatoms. The van der Waals surface area contributed by atoms with Crippen molar-refractivity contribution in [1.29, 1.82) is 5.26 Å². The Morgan fingerprint density at radius 2 is 2.00 bits per heavy atom. The van der Waals surface area contributed by atoms with E-state index in [4.69, 9.17) is 14.7 Å². The van der Waals surface area contributed by atoms with Crippen LogP contribution in [0.4, 0.5) is 5.69 Å². The summed E-state index contributed by atoms with van der Waals surface area (Å²) in [6.07, 6.45) is 6.73. The second-order valence-electron chi connectivity index (χ2n) is 11.5. The smallest absolute Gasteiger partial charge is 0.246 e. The number of hydrogen-bond donors (Lipinski definition) is 0. The number of aromatic nitrogens is 2. The van der Waals surface area contributed by atoms with Crippen LogP contribution in [0, 0.1) is 11.3 Å². The lowest BCUT2D eigenvalue weighted by molar-refractivity contribution is -0.128. The number of hydrogen-bond acceptors (Lipinski definition) is 7. The second kappa shape index (κ2) is 12.4. The maximum absolute atomic E-state index is 12.5. The third kappa shape index (κ3) is 5.65. The van der Waals surface area contributed by atoms with Crippen molar-refractivity contribution in [3.63, 3.8) is 0 Å². The van der Waals surface area contributed by atoms with Gasteiger partial charge in [0, 0.05) is 43.5 Å². The average molecular weight is 575 g/mol. The number of aryl methyl sites for hydroxylation is 1. The van der Waals surface area contributed by atoms with Gasteiger partial charge in [0.05, 0.1) is 29.7 Å². The van der Waals surface area contributed by atoms with Gasteiger partial charge in [0.1, 0.15) is 12.1 Å². The fourth-order valence-electron chi connectivity index (χ4n) is 6.62. The maximum atomic E-state index is 12.5. The van der Waals surface area contributed by atoms with Gasteiger partial charge in [-0.2, -0.15) is 5.26 Å². The molecular formula is C35H38N6O2. The molecule has 0 aliphatic carbocycles. The molecular weight excluding hydrogens is 536 g/mol. The van der Waals surface area contributed by atoms with Crippen molar-refractivity contribution in [1.82, 2.24) is 19.8 Å². The second-order valence-corrected chi connectivity index (χ2v) is 11.5. The molecule has 0 saturated carbocycles. The standard InChI is InChI=1S/C35H38N6O2/c1-4-24-9-6-10-25-11-7-13-29(34(24)25)26-19-30-35(37-21-26)31(20-32(38-30)43-23-28-12-8-16-39(28)3)40-17-18-41(33(42)5-2)27(22-40)14-15-36/h5-7,9-11,13,19-21,27-28H,2,4,8,12,14,16-18,22-23H2,1,3H3/t27?,28-/m0/s1. The fourth-order valence-corrected chi connectivity index (χ4v) is 6.62. The van der Waals surface area contributed by atoms with Gasteiger partial charge in [0.15, 0.2) is 0 Å². The maximum Gasteiger partial charge on any atom is 0.246 e. The van der Waals surface area contributed by atoms with Crippen molar-refractivity contribution in [2.45, 2.75) is 44.7 Å². The Morgan fingerprint density at radius 3 is 2.74 bits per heavy atom. The van der Waals surface area contributed by atoms with Gasteiger partial charge in [-0.3, -0.25) is 9.78 Å². The summed E-state index contributed by atoms with van der Waals surface area (Å²) < 4.78 is 6.37. The molecule has 43 heavy (non-hydrogen) atoms. The predicted molar refractivity (Wildman–Crippen MR) is 171 cm³/mol. The minimum absolute atomic E-state index is 0.145. The SMILES string of the molecule is C=CC(=O)N1CCN(c2cc(OC[C@@H]3CCCN3C)nc3cc(-c4cccc5cccc(CC)c45)cnc23)CC1CC#N. The van der Waals surface area contributed by atoms with E-state index in [2.05, 4.69) is 78.9 Å². The number of nitriles is 1. The van der Waals surface area contributed by atoms with Gasteiger partial charge in [-0.1, -0.05) is 49.9 Å². The van der Waals surface area contributed by atoms with E-state index < -0.39 is 0 Å². The Balaban J connectivity index is 1.43. The van der Waals surface area contributed by atoms with E-state index in [1.54, 1.807) is 4.90 Å². The number of carbonyl (C=O) groups is 1. The van der Waals surface area contributed by atoms with Crippen LogP contribution in [0.15, 0.2) is 67.4 Å². The summed E-state index contributed by atoms with van der Waals surface area (Å²) in [5.41, 5.74) is 5.90. The van der Waals surface area contributed by atoms with Gasteiger partial charge in [-0.15, -0.1) is 0 Å². The van der Waals surface area contributed by atoms with Gasteiger partial charge in [-0.25, -0.2) is 4.98 Å². The van der Waals surface area contributed by atoms with Gasteiger partial charge in [0.2, 0.25) is 11.8 Å². The zero-order valence-corrected chi connectivity index (χ0v) is 25.0. The highest BCUT2D eigenvalue weighted by Crippen LogP contribution is 2.36. The number of rotatable bonds is 8. The molecule has 2 fully saturated rings. The van der Waals surface area contributed by atoms with Crippen LogP contribution >= 0.6 is 0 Å². The van der Waals surface area contributed by atoms with Crippen molar-refractivity contribution in [3.8, 4) is 23.1 Å². The minimum atomic E-state index is -0.244. The van der Waals surface area contributed by atoms with E-state index in [1.807, 2.05) is 12.3 Å². The van der Waals surface area contributed by atoms with Gasteiger partial charge in [-0.05, 0) is 66.9 Å². The normalized spacial score (nSPS) is 19.1. The van der Waals surface area contributed by atoms with Crippen LogP contribution in [0.3, 0.4) is 0 Å². The Kier molecular flexibility index (Phi) is 8.26. The summed E-state index contributed by atoms with van der Waals surface area (Å²) in [4.78, 5) is 28.8. The third-order valence-electron chi connectivity index (χ3n) is 8.99. The van der Waals surface area contributed by atoms with Crippen LogP contribution in [-0.2, 0) is 11.2 Å². The Bertz CT molecular complexity index is 1710. The summed E-state index contributed by atoms with van der Waals surface area (Å²) in [5, 5.41) is 12.0. The first-order chi connectivity index (χ1) is 21.0. The number of benzene rings is 2. The number of ether oxygens (including phenoxy) is 1. The molecule has 0 N–H and O–H groups in total. The topological polar surface area (TPSA) is 85.6 Å². The molecule has 2 aromatic heterocycles. The van der Waals surface area contributed by atoms with Crippen LogP contribution in [0.25, 0.3) is 32.9 Å². The van der Waals surface area contributed by atoms with Crippen molar-refractivity contribution in [3.05, 3.63) is 72.9 Å². The zero-order valence-electron chi connectivity index (χ0n) is 25.0. The van der Waals surface area contributed by atoms with E-state index in [0.717, 1.165) is 47.2 Å². The van der Waals surface area contributed by atoms with E-state index in [9.17, 15) is 10.1 Å². The average Bonchev–Trinajstić information content (AvgIpc) is 3.46. The lowest BCUT2D eigenvalue weighted by Gasteiger charge is -2.41. The molecule has 0 radical (unpaired) electrons. The summed E-state index contributed by atoms with van der Waals surface area (Å²) in [6.45, 7) is 9.12. The van der Waals surface area contributed by atoms with Crippen LogP contribution in [0.1, 0.15) is 31.7 Å². The van der Waals surface area contributed by atoms with Crippen molar-refractivity contribution in [2.75, 3.05) is 44.7 Å². The number of carbonyl (C=O) groups excluding carboxylic acids is 1. The van der Waals surface area contributed by atoms with Crippen molar-refractivity contribution >= 4 is 33.4 Å². The van der Waals surface area contributed by atoms with E-state index >= 15 is 0 Å². The molecule has 2 aromatic carbocycles. The third-order valence-corrected chi connectivity index (χ3v) is 8.99. The Morgan fingerprint density at radius 1 is 1.16 bits per heavy atom. The highest BCUT2D eigenvalue weighted by molar-refractivity contribution is 6.01. The van der Waals surface area contributed by atoms with Crippen LogP contribution < -0.4 is 9.64 Å². The number of piperazine rings is 1. The number of amides is 1. The monoisotopic (exact) mass is 574 g/mol. The molecule has 4 aromatic rings. The van der Waals surface area contributed by atoms with Gasteiger partial charge >= 0.3 is 0 Å². The summed E-state index contributed by atoms with van der Waals surface area (Å²) in [7, 11) is 2.14. The van der Waals surface area contributed by atoms with E-state index in [1.165, 1.54) is 28.8 Å². The first-order valence-corrected chi connectivity index (χ1v) is 15.2. The molecule has 220 valence electrons. The summed E-state index contributed by atoms with van der Waals surface area (Å²) >= 11 is 0. The molecule has 6 rings (SSSR count). The number of pyridine rings is 2. The van der Waals surface area contributed by atoms with E-state index in [0.29, 0.717) is 38.2 Å². The van der Waals surface area contributed by atoms with Crippen LogP contribution in [-0.4, -0.2) is 77.6 Å².